The highest BCUT2D eigenvalue weighted by Gasteiger charge is 2.14. The predicted octanol–water partition coefficient (Wildman–Crippen LogP) is -0.0152. The molecule has 0 saturated heterocycles. The molecule has 0 aliphatic carbocycles. The van der Waals surface area contributed by atoms with E-state index in [1.165, 1.54) is 17.8 Å². The molecule has 7 nitrogen and oxygen atoms in total. The first kappa shape index (κ1) is 9.93. The van der Waals surface area contributed by atoms with Gasteiger partial charge in [0, 0.05) is 24.7 Å². The van der Waals surface area contributed by atoms with Gasteiger partial charge in [0.15, 0.2) is 11.2 Å². The Labute approximate surface area is 121 Å². The normalized spacial score (nSPS) is 18.1. The number of nitrogens with zero attached hydrogens (tertiary/aromatic N) is 4. The number of aromatic nitrogens is 4. The third-order valence-corrected chi connectivity index (χ3v) is 3.17. The SMILES string of the molecule is [2H]C(C)(O)CCCCn1c(=O)c2c(ncn2C)n(C([2H])([2H])[2H])c1=O. The predicted molar refractivity (Wildman–Crippen MR) is 75.7 cm³/mol. The molecule has 0 fully saturated rings. The summed E-state index contributed by atoms with van der Waals surface area (Å²) in [5.41, 5.74) is -1.67. The largest absolute Gasteiger partial charge is 0.393 e. The van der Waals surface area contributed by atoms with Crippen molar-refractivity contribution in [3.8, 4) is 0 Å². The standard InChI is InChI=1S/C13H20N4O3/c1-9(18)6-4-5-7-17-12(19)10-11(14-8-15(10)2)16(3)13(17)20/h8-9,18H,4-7H2,1-3H3/i3D3,9D. The van der Waals surface area contributed by atoms with E-state index in [0.29, 0.717) is 17.4 Å². The molecule has 20 heavy (non-hydrogen) atoms. The summed E-state index contributed by atoms with van der Waals surface area (Å²) in [5.74, 6) is 0. The Kier molecular flexibility index (Phi) is 2.79. The monoisotopic (exact) mass is 284 g/mol. The van der Waals surface area contributed by atoms with Crippen LogP contribution in [0.2, 0.25) is 0 Å². The quantitative estimate of drug-likeness (QED) is 0.783. The molecule has 0 bridgehead atoms. The summed E-state index contributed by atoms with van der Waals surface area (Å²) in [6.07, 6.45) is 0.669. The summed E-state index contributed by atoms with van der Waals surface area (Å²) in [6.45, 7) is -1.41. The van der Waals surface area contributed by atoms with Gasteiger partial charge in [-0.1, -0.05) is 0 Å². The van der Waals surface area contributed by atoms with Crippen molar-refractivity contribution in [2.75, 3.05) is 0 Å². The third kappa shape index (κ3) is 2.53. The van der Waals surface area contributed by atoms with Crippen LogP contribution >= 0.6 is 0 Å². The van der Waals surface area contributed by atoms with Crippen LogP contribution in [0.5, 0.6) is 0 Å². The number of hydrogen-bond acceptors (Lipinski definition) is 4. The van der Waals surface area contributed by atoms with Crippen LogP contribution in [0.25, 0.3) is 11.2 Å². The minimum Gasteiger partial charge on any atom is -0.393 e. The zero-order chi connectivity index (χ0) is 18.3. The van der Waals surface area contributed by atoms with Gasteiger partial charge in [-0.05, 0) is 26.2 Å². The van der Waals surface area contributed by atoms with Crippen LogP contribution in [-0.2, 0) is 20.6 Å². The second-order valence-electron chi connectivity index (χ2n) is 4.79. The maximum Gasteiger partial charge on any atom is 0.332 e. The van der Waals surface area contributed by atoms with Gasteiger partial charge in [-0.25, -0.2) is 9.78 Å². The summed E-state index contributed by atoms with van der Waals surface area (Å²) < 4.78 is 32.8. The van der Waals surface area contributed by atoms with Crippen LogP contribution in [0.4, 0.5) is 0 Å². The molecule has 1 atom stereocenters. The highest BCUT2D eigenvalue weighted by molar-refractivity contribution is 5.69. The topological polar surface area (TPSA) is 82.1 Å². The second kappa shape index (κ2) is 5.62. The lowest BCUT2D eigenvalue weighted by atomic mass is 10.2. The lowest BCUT2D eigenvalue weighted by Gasteiger charge is -2.09. The maximum atomic E-state index is 12.5. The van der Waals surface area contributed by atoms with Crippen LogP contribution in [0.15, 0.2) is 15.9 Å². The Morgan fingerprint density at radius 3 is 2.90 bits per heavy atom. The van der Waals surface area contributed by atoms with Gasteiger partial charge in [-0.15, -0.1) is 0 Å². The Balaban J connectivity index is 2.49. The molecule has 110 valence electrons. The van der Waals surface area contributed by atoms with Crippen molar-refractivity contribution in [1.82, 2.24) is 18.7 Å². The number of aryl methyl sites for hydroxylation is 2. The fourth-order valence-corrected chi connectivity index (χ4v) is 2.10. The van der Waals surface area contributed by atoms with Gasteiger partial charge in [0.1, 0.15) is 0 Å². The molecular formula is C13H20N4O3. The van der Waals surface area contributed by atoms with Gasteiger partial charge in [0.25, 0.3) is 5.56 Å². The molecule has 1 N–H and O–H groups in total. The third-order valence-electron chi connectivity index (χ3n) is 3.17. The zero-order valence-corrected chi connectivity index (χ0v) is 11.5. The minimum atomic E-state index is -2.76. The number of hydrogen-bond donors (Lipinski definition) is 1. The van der Waals surface area contributed by atoms with Crippen LogP contribution in [0.3, 0.4) is 0 Å². The fourth-order valence-electron chi connectivity index (χ4n) is 2.10. The molecule has 0 aliphatic rings. The summed E-state index contributed by atoms with van der Waals surface area (Å²) in [6, 6.07) is 0. The minimum absolute atomic E-state index is 0.00491. The second-order valence-corrected chi connectivity index (χ2v) is 4.79. The molecule has 2 aromatic rings. The number of aliphatic hydroxyl groups is 1. The van der Waals surface area contributed by atoms with E-state index in [2.05, 4.69) is 4.98 Å². The molecule has 0 spiro atoms. The fraction of sp³-hybridized carbons (Fsp3) is 0.615. The Hall–Kier alpha value is -1.89. The summed E-state index contributed by atoms with van der Waals surface area (Å²) >= 11 is 0. The molecule has 2 aromatic heterocycles. The number of rotatable bonds is 5. The van der Waals surface area contributed by atoms with Crippen LogP contribution in [0.1, 0.15) is 31.7 Å². The molecular weight excluding hydrogens is 260 g/mol. The molecule has 2 heterocycles. The van der Waals surface area contributed by atoms with Gasteiger partial charge in [0.05, 0.1) is 13.8 Å². The van der Waals surface area contributed by atoms with Crippen molar-refractivity contribution in [2.45, 2.75) is 38.8 Å². The Morgan fingerprint density at radius 2 is 2.25 bits per heavy atom. The van der Waals surface area contributed by atoms with Gasteiger partial charge < -0.3 is 9.67 Å². The first-order chi connectivity index (χ1) is 10.9. The van der Waals surface area contributed by atoms with Gasteiger partial charge in [0.2, 0.25) is 0 Å². The molecule has 0 aliphatic heterocycles. The molecule has 1 unspecified atom stereocenters. The van der Waals surface area contributed by atoms with E-state index in [4.69, 9.17) is 5.48 Å². The van der Waals surface area contributed by atoms with E-state index in [9.17, 15) is 14.7 Å². The number of imidazole rings is 1. The van der Waals surface area contributed by atoms with Crippen molar-refractivity contribution < 1.29 is 10.6 Å². The van der Waals surface area contributed by atoms with Gasteiger partial charge in [-0.2, -0.15) is 0 Å². The Morgan fingerprint density at radius 1 is 1.50 bits per heavy atom. The smallest absolute Gasteiger partial charge is 0.332 e. The van der Waals surface area contributed by atoms with Gasteiger partial charge >= 0.3 is 5.69 Å². The Bertz CT molecular complexity index is 857. The van der Waals surface area contributed by atoms with E-state index < -0.39 is 24.3 Å². The van der Waals surface area contributed by atoms with Crippen molar-refractivity contribution in [3.63, 3.8) is 0 Å². The van der Waals surface area contributed by atoms with Crippen LogP contribution < -0.4 is 11.2 Å². The molecule has 0 radical (unpaired) electrons. The molecule has 0 saturated carbocycles. The van der Waals surface area contributed by atoms with Crippen molar-refractivity contribution in [2.24, 2.45) is 14.0 Å². The molecule has 0 aromatic carbocycles. The van der Waals surface area contributed by atoms with Crippen molar-refractivity contribution in [3.05, 3.63) is 27.2 Å². The van der Waals surface area contributed by atoms with E-state index in [1.54, 1.807) is 7.05 Å². The van der Waals surface area contributed by atoms with E-state index in [-0.39, 0.29) is 24.1 Å². The van der Waals surface area contributed by atoms with Crippen LogP contribution in [-0.4, -0.2) is 29.9 Å². The zero-order valence-electron chi connectivity index (χ0n) is 15.5. The summed E-state index contributed by atoms with van der Waals surface area (Å²) in [7, 11) is 1.55. The summed E-state index contributed by atoms with van der Waals surface area (Å²) in [5, 5.41) is 9.37. The lowest BCUT2D eigenvalue weighted by Crippen LogP contribution is -2.39. The van der Waals surface area contributed by atoms with Crippen LogP contribution in [0, 0.1) is 0 Å². The average Bonchev–Trinajstić information content (AvgIpc) is 2.76. The van der Waals surface area contributed by atoms with E-state index in [0.717, 1.165) is 4.57 Å². The van der Waals surface area contributed by atoms with Gasteiger partial charge in [-0.3, -0.25) is 13.9 Å². The molecule has 2 rings (SSSR count). The highest BCUT2D eigenvalue weighted by Crippen LogP contribution is 2.04. The first-order valence-corrected chi connectivity index (χ1v) is 6.33. The lowest BCUT2D eigenvalue weighted by molar-refractivity contribution is 0.180. The van der Waals surface area contributed by atoms with E-state index >= 15 is 0 Å². The molecule has 7 heteroatoms. The van der Waals surface area contributed by atoms with E-state index in [1.807, 2.05) is 0 Å². The maximum absolute atomic E-state index is 12.5. The van der Waals surface area contributed by atoms with Crippen molar-refractivity contribution in [1.29, 1.82) is 0 Å². The summed E-state index contributed by atoms with van der Waals surface area (Å²) in [4.78, 5) is 28.9. The molecule has 0 amide bonds. The average molecular weight is 284 g/mol. The van der Waals surface area contributed by atoms with Crippen molar-refractivity contribution >= 4 is 11.2 Å². The highest BCUT2D eigenvalue weighted by atomic mass is 16.3. The number of fused-ring (bicyclic) bond motifs is 1. The number of unbranched alkanes of at least 4 members (excludes halogenated alkanes) is 1. The first-order valence-electron chi connectivity index (χ1n) is 8.33.